The second kappa shape index (κ2) is 5.69. The maximum absolute atomic E-state index is 11.9. The Labute approximate surface area is 106 Å². The predicted octanol–water partition coefficient (Wildman–Crippen LogP) is 3.50. The lowest BCUT2D eigenvalue weighted by molar-refractivity contribution is 0.0942. The molecule has 0 radical (unpaired) electrons. The third kappa shape index (κ3) is 3.80. The molecule has 0 aliphatic heterocycles. The summed E-state index contributed by atoms with van der Waals surface area (Å²) in [6, 6.07) is 2.05. The SMILES string of the molecule is Cc1cc(C(=O)NC(C)CC(C)Cl)sc1C. The molecule has 0 aliphatic rings. The van der Waals surface area contributed by atoms with Crippen molar-refractivity contribution < 1.29 is 4.79 Å². The summed E-state index contributed by atoms with van der Waals surface area (Å²) in [5.74, 6) is 0.00557. The second-order valence-electron chi connectivity index (χ2n) is 4.24. The third-order valence-corrected chi connectivity index (χ3v) is 3.78. The van der Waals surface area contributed by atoms with Gasteiger partial charge in [-0.2, -0.15) is 0 Å². The van der Waals surface area contributed by atoms with Gasteiger partial charge in [-0.15, -0.1) is 22.9 Å². The van der Waals surface area contributed by atoms with Crippen molar-refractivity contribution in [3.8, 4) is 0 Å². The van der Waals surface area contributed by atoms with E-state index in [1.807, 2.05) is 33.8 Å². The number of nitrogens with one attached hydrogen (secondary N) is 1. The highest BCUT2D eigenvalue weighted by Crippen LogP contribution is 2.20. The molecule has 2 atom stereocenters. The van der Waals surface area contributed by atoms with Crippen molar-refractivity contribution in [3.63, 3.8) is 0 Å². The molecular formula is C12H18ClNOS. The van der Waals surface area contributed by atoms with Gasteiger partial charge in [-0.3, -0.25) is 4.79 Å². The van der Waals surface area contributed by atoms with Gasteiger partial charge in [-0.1, -0.05) is 0 Å². The quantitative estimate of drug-likeness (QED) is 0.824. The largest absolute Gasteiger partial charge is 0.349 e. The average molecular weight is 260 g/mol. The number of carbonyl (C=O) groups excluding carboxylic acids is 1. The number of rotatable bonds is 4. The predicted molar refractivity (Wildman–Crippen MR) is 70.7 cm³/mol. The van der Waals surface area contributed by atoms with Gasteiger partial charge in [0.15, 0.2) is 0 Å². The van der Waals surface area contributed by atoms with Gasteiger partial charge in [0.1, 0.15) is 0 Å². The first-order valence-electron chi connectivity index (χ1n) is 5.42. The average Bonchev–Trinajstić information content (AvgIpc) is 2.45. The van der Waals surface area contributed by atoms with Crippen LogP contribution in [0.15, 0.2) is 6.07 Å². The number of halogens is 1. The zero-order chi connectivity index (χ0) is 12.3. The van der Waals surface area contributed by atoms with E-state index in [4.69, 9.17) is 11.6 Å². The molecule has 0 aromatic carbocycles. The van der Waals surface area contributed by atoms with Crippen LogP contribution >= 0.6 is 22.9 Å². The van der Waals surface area contributed by atoms with Gasteiger partial charge in [0.25, 0.3) is 5.91 Å². The standard InChI is InChI=1S/C12H18ClNOS/c1-7-5-11(16-10(7)4)12(15)14-9(3)6-8(2)13/h5,8-9H,6H2,1-4H3,(H,14,15). The Kier molecular flexibility index (Phi) is 4.81. The van der Waals surface area contributed by atoms with Crippen LogP contribution < -0.4 is 5.32 Å². The summed E-state index contributed by atoms with van der Waals surface area (Å²) in [6.45, 7) is 7.96. The van der Waals surface area contributed by atoms with Crippen LogP contribution in [0.2, 0.25) is 0 Å². The van der Waals surface area contributed by atoms with E-state index in [9.17, 15) is 4.79 Å². The lowest BCUT2D eigenvalue weighted by Crippen LogP contribution is -2.33. The van der Waals surface area contributed by atoms with E-state index in [2.05, 4.69) is 5.32 Å². The molecule has 16 heavy (non-hydrogen) atoms. The van der Waals surface area contributed by atoms with E-state index < -0.39 is 0 Å². The van der Waals surface area contributed by atoms with Crippen LogP contribution in [0.1, 0.15) is 40.4 Å². The van der Waals surface area contributed by atoms with E-state index in [1.54, 1.807) is 0 Å². The summed E-state index contributed by atoms with van der Waals surface area (Å²) in [7, 11) is 0. The first-order valence-corrected chi connectivity index (χ1v) is 6.67. The van der Waals surface area contributed by atoms with Crippen molar-refractivity contribution in [2.45, 2.75) is 45.5 Å². The number of thiophene rings is 1. The van der Waals surface area contributed by atoms with E-state index in [-0.39, 0.29) is 17.3 Å². The Morgan fingerprint density at radius 1 is 1.50 bits per heavy atom. The lowest BCUT2D eigenvalue weighted by Gasteiger charge is -2.14. The fourth-order valence-electron chi connectivity index (χ4n) is 1.53. The molecule has 1 aromatic heterocycles. The second-order valence-corrected chi connectivity index (χ2v) is 6.24. The summed E-state index contributed by atoms with van der Waals surface area (Å²) in [5.41, 5.74) is 1.17. The number of hydrogen-bond donors (Lipinski definition) is 1. The molecule has 0 aliphatic carbocycles. The molecule has 1 amide bonds. The van der Waals surface area contributed by atoms with Gasteiger partial charge in [-0.25, -0.2) is 0 Å². The van der Waals surface area contributed by atoms with Gasteiger partial charge in [0.05, 0.1) is 4.88 Å². The van der Waals surface area contributed by atoms with Crippen molar-refractivity contribution in [2.75, 3.05) is 0 Å². The number of amides is 1. The Morgan fingerprint density at radius 2 is 2.12 bits per heavy atom. The van der Waals surface area contributed by atoms with Gasteiger partial charge < -0.3 is 5.32 Å². The summed E-state index contributed by atoms with van der Waals surface area (Å²) in [4.78, 5) is 13.8. The number of carbonyl (C=O) groups is 1. The van der Waals surface area contributed by atoms with Crippen molar-refractivity contribution in [3.05, 3.63) is 21.4 Å². The van der Waals surface area contributed by atoms with E-state index >= 15 is 0 Å². The van der Waals surface area contributed by atoms with Gasteiger partial charge in [-0.05, 0) is 45.7 Å². The third-order valence-electron chi connectivity index (χ3n) is 2.45. The summed E-state index contributed by atoms with van der Waals surface area (Å²) < 4.78 is 0. The lowest BCUT2D eigenvalue weighted by atomic mass is 10.2. The molecule has 1 aromatic rings. The van der Waals surface area contributed by atoms with Crippen LogP contribution in [-0.4, -0.2) is 17.3 Å². The molecule has 0 saturated carbocycles. The number of hydrogen-bond acceptors (Lipinski definition) is 2. The van der Waals surface area contributed by atoms with Crippen LogP contribution in [0.25, 0.3) is 0 Å². The Morgan fingerprint density at radius 3 is 2.56 bits per heavy atom. The molecule has 0 spiro atoms. The van der Waals surface area contributed by atoms with Crippen LogP contribution in [0.5, 0.6) is 0 Å². The van der Waals surface area contributed by atoms with E-state index in [0.717, 1.165) is 11.3 Å². The first-order chi connectivity index (χ1) is 7.40. The van der Waals surface area contributed by atoms with Crippen LogP contribution in [0.3, 0.4) is 0 Å². The molecule has 0 fully saturated rings. The molecular weight excluding hydrogens is 242 g/mol. The number of alkyl halides is 1. The molecule has 0 saturated heterocycles. The molecule has 1 heterocycles. The smallest absolute Gasteiger partial charge is 0.261 e. The summed E-state index contributed by atoms with van der Waals surface area (Å²) in [5, 5.41) is 3.04. The molecule has 2 unspecified atom stereocenters. The minimum atomic E-state index is 0.00557. The Balaban J connectivity index is 2.58. The monoisotopic (exact) mass is 259 g/mol. The van der Waals surface area contributed by atoms with Crippen LogP contribution in [-0.2, 0) is 0 Å². The zero-order valence-electron chi connectivity index (χ0n) is 10.1. The summed E-state index contributed by atoms with van der Waals surface area (Å²) >= 11 is 7.42. The highest BCUT2D eigenvalue weighted by molar-refractivity contribution is 7.14. The molecule has 1 N–H and O–H groups in total. The van der Waals surface area contributed by atoms with Crippen molar-refractivity contribution in [2.24, 2.45) is 0 Å². The van der Waals surface area contributed by atoms with Gasteiger partial charge in [0, 0.05) is 16.3 Å². The van der Waals surface area contributed by atoms with E-state index in [1.165, 1.54) is 21.8 Å². The Bertz CT molecular complexity index is 354. The normalized spacial score (nSPS) is 14.6. The fourth-order valence-corrected chi connectivity index (χ4v) is 2.73. The highest BCUT2D eigenvalue weighted by atomic mass is 35.5. The van der Waals surface area contributed by atoms with Crippen LogP contribution in [0, 0.1) is 13.8 Å². The first kappa shape index (κ1) is 13.5. The zero-order valence-corrected chi connectivity index (χ0v) is 11.7. The number of aryl methyl sites for hydroxylation is 2. The van der Waals surface area contributed by atoms with Crippen LogP contribution in [0.4, 0.5) is 0 Å². The Hall–Kier alpha value is -0.540. The topological polar surface area (TPSA) is 29.1 Å². The van der Waals surface area contributed by atoms with Crippen molar-refractivity contribution >= 4 is 28.8 Å². The van der Waals surface area contributed by atoms with Gasteiger partial charge in [0.2, 0.25) is 0 Å². The van der Waals surface area contributed by atoms with Crippen molar-refractivity contribution in [1.82, 2.24) is 5.32 Å². The van der Waals surface area contributed by atoms with Gasteiger partial charge >= 0.3 is 0 Å². The molecule has 1 rings (SSSR count). The fraction of sp³-hybridized carbons (Fsp3) is 0.583. The van der Waals surface area contributed by atoms with E-state index in [0.29, 0.717) is 0 Å². The highest BCUT2D eigenvalue weighted by Gasteiger charge is 2.14. The summed E-state index contributed by atoms with van der Waals surface area (Å²) in [6.07, 6.45) is 0.788. The molecule has 0 bridgehead atoms. The maximum atomic E-state index is 11.9. The minimum absolute atomic E-state index is 0.00557. The van der Waals surface area contributed by atoms with Crippen molar-refractivity contribution in [1.29, 1.82) is 0 Å². The molecule has 4 heteroatoms. The molecule has 90 valence electrons. The molecule has 2 nitrogen and oxygen atoms in total. The minimum Gasteiger partial charge on any atom is -0.349 e. The maximum Gasteiger partial charge on any atom is 0.261 e.